The number of benzene rings is 2. The largest absolute Gasteiger partial charge is 0.416 e. The van der Waals surface area contributed by atoms with Gasteiger partial charge in [0.1, 0.15) is 5.69 Å². The number of amides is 1. The number of piperidine rings is 1. The highest BCUT2D eigenvalue weighted by Gasteiger charge is 2.33. The van der Waals surface area contributed by atoms with E-state index in [4.69, 9.17) is 0 Å². The van der Waals surface area contributed by atoms with Crippen LogP contribution in [0.2, 0.25) is 0 Å². The van der Waals surface area contributed by atoms with Gasteiger partial charge in [-0.15, -0.1) is 0 Å². The minimum absolute atomic E-state index is 0.0279. The highest BCUT2D eigenvalue weighted by atomic mass is 19.4. The molecule has 1 atom stereocenters. The first-order chi connectivity index (χ1) is 16.7. The number of likely N-dealkylation sites (N-methyl/N-ethyl adjacent to an activating group) is 1. The Labute approximate surface area is 204 Å². The normalized spacial score (nSPS) is 16.3. The van der Waals surface area contributed by atoms with E-state index in [0.29, 0.717) is 18.2 Å². The maximum atomic E-state index is 13.2. The zero-order valence-corrected chi connectivity index (χ0v) is 20.1. The molecule has 0 unspecified atom stereocenters. The molecule has 1 saturated heterocycles. The van der Waals surface area contributed by atoms with Gasteiger partial charge in [0.2, 0.25) is 0 Å². The molecule has 35 heavy (non-hydrogen) atoms. The lowest BCUT2D eigenvalue weighted by atomic mass is 9.84. The van der Waals surface area contributed by atoms with Crippen LogP contribution in [0.15, 0.2) is 66.9 Å². The van der Waals surface area contributed by atoms with E-state index in [1.807, 2.05) is 30.1 Å². The van der Waals surface area contributed by atoms with Gasteiger partial charge in [0.05, 0.1) is 5.56 Å². The SMILES string of the molecule is CN(C(=O)c1ccn(C)n1)[C@H](Cc1ccccc1)C1CCN(Cc2ccc(C(F)(F)F)cc2)CC1. The van der Waals surface area contributed by atoms with Crippen molar-refractivity contribution in [3.05, 3.63) is 89.2 Å². The Kier molecular flexibility index (Phi) is 7.60. The Bertz CT molecular complexity index is 1100. The second kappa shape index (κ2) is 10.6. The molecule has 2 aromatic carbocycles. The highest BCUT2D eigenvalue weighted by Crippen LogP contribution is 2.30. The van der Waals surface area contributed by atoms with Crippen LogP contribution in [0.4, 0.5) is 13.2 Å². The summed E-state index contributed by atoms with van der Waals surface area (Å²) in [5.74, 6) is 0.232. The summed E-state index contributed by atoms with van der Waals surface area (Å²) in [6, 6.07) is 17.4. The van der Waals surface area contributed by atoms with Gasteiger partial charge in [-0.1, -0.05) is 42.5 Å². The van der Waals surface area contributed by atoms with Crippen molar-refractivity contribution < 1.29 is 18.0 Å². The second-order valence-electron chi connectivity index (χ2n) is 9.36. The molecule has 0 saturated carbocycles. The number of alkyl halides is 3. The van der Waals surface area contributed by atoms with Gasteiger partial charge in [-0.25, -0.2) is 0 Å². The average Bonchev–Trinajstić information content (AvgIpc) is 3.29. The zero-order chi connectivity index (χ0) is 25.0. The maximum Gasteiger partial charge on any atom is 0.416 e. The van der Waals surface area contributed by atoms with E-state index in [1.54, 1.807) is 36.1 Å². The molecule has 5 nitrogen and oxygen atoms in total. The minimum atomic E-state index is -4.32. The standard InChI is InChI=1S/C27H31F3N4O/c1-32-15-14-24(31-32)26(35)33(2)25(18-20-6-4-3-5-7-20)22-12-16-34(17-13-22)19-21-8-10-23(11-9-21)27(28,29)30/h3-11,14-15,22,25H,12-13,16-19H2,1-2H3/t25-/m1/s1. The fraction of sp³-hybridized carbons (Fsp3) is 0.407. The number of hydrogen-bond donors (Lipinski definition) is 0. The van der Waals surface area contributed by atoms with Crippen molar-refractivity contribution >= 4 is 5.91 Å². The van der Waals surface area contributed by atoms with Crippen LogP contribution in [0.25, 0.3) is 0 Å². The fourth-order valence-electron chi connectivity index (χ4n) is 4.89. The number of rotatable bonds is 7. The molecular formula is C27H31F3N4O. The quantitative estimate of drug-likeness (QED) is 0.472. The summed E-state index contributed by atoms with van der Waals surface area (Å²) in [7, 11) is 3.66. The lowest BCUT2D eigenvalue weighted by molar-refractivity contribution is -0.137. The van der Waals surface area contributed by atoms with Crippen LogP contribution in [-0.2, 0) is 26.2 Å². The lowest BCUT2D eigenvalue weighted by Gasteiger charge is -2.40. The summed E-state index contributed by atoms with van der Waals surface area (Å²) >= 11 is 0. The summed E-state index contributed by atoms with van der Waals surface area (Å²) in [4.78, 5) is 17.3. The monoisotopic (exact) mass is 484 g/mol. The molecule has 0 radical (unpaired) electrons. The van der Waals surface area contributed by atoms with E-state index in [0.717, 1.165) is 50.0 Å². The minimum Gasteiger partial charge on any atom is -0.337 e. The van der Waals surface area contributed by atoms with Crippen LogP contribution in [0.3, 0.4) is 0 Å². The summed E-state index contributed by atoms with van der Waals surface area (Å²) in [5.41, 5.74) is 1.88. The van der Waals surface area contributed by atoms with Crippen LogP contribution < -0.4 is 0 Å². The van der Waals surface area contributed by atoms with E-state index in [-0.39, 0.29) is 11.9 Å². The van der Waals surface area contributed by atoms with E-state index < -0.39 is 11.7 Å². The topological polar surface area (TPSA) is 41.4 Å². The lowest BCUT2D eigenvalue weighted by Crippen LogP contribution is -2.47. The average molecular weight is 485 g/mol. The maximum absolute atomic E-state index is 13.2. The van der Waals surface area contributed by atoms with Gasteiger partial charge in [-0.3, -0.25) is 14.4 Å². The van der Waals surface area contributed by atoms with Crippen molar-refractivity contribution in [3.8, 4) is 0 Å². The summed E-state index contributed by atoms with van der Waals surface area (Å²) in [6.07, 6.45) is 0.0474. The number of carbonyl (C=O) groups is 1. The van der Waals surface area contributed by atoms with Crippen LogP contribution in [0.1, 0.15) is 40.0 Å². The van der Waals surface area contributed by atoms with Gasteiger partial charge < -0.3 is 4.90 Å². The van der Waals surface area contributed by atoms with Gasteiger partial charge in [-0.05, 0) is 67.6 Å². The Hall–Kier alpha value is -3.13. The van der Waals surface area contributed by atoms with Crippen LogP contribution in [-0.4, -0.2) is 51.7 Å². The zero-order valence-electron chi connectivity index (χ0n) is 20.1. The Morgan fingerprint density at radius 2 is 1.69 bits per heavy atom. The number of halogens is 3. The van der Waals surface area contributed by atoms with Gasteiger partial charge >= 0.3 is 6.18 Å². The number of likely N-dealkylation sites (tertiary alicyclic amines) is 1. The van der Waals surface area contributed by atoms with E-state index in [9.17, 15) is 18.0 Å². The van der Waals surface area contributed by atoms with E-state index >= 15 is 0 Å². The molecular weight excluding hydrogens is 453 g/mol. The Balaban J connectivity index is 1.42. The van der Waals surface area contributed by atoms with Gasteiger partial charge in [0.15, 0.2) is 0 Å². The molecule has 186 valence electrons. The van der Waals surface area contributed by atoms with Crippen molar-refractivity contribution in [2.45, 2.75) is 38.0 Å². The first-order valence-corrected chi connectivity index (χ1v) is 11.9. The summed E-state index contributed by atoms with van der Waals surface area (Å²) < 4.78 is 40.2. The first kappa shape index (κ1) is 25.0. The van der Waals surface area contributed by atoms with E-state index in [1.165, 1.54) is 5.56 Å². The molecule has 1 amide bonds. The smallest absolute Gasteiger partial charge is 0.337 e. The molecule has 0 bridgehead atoms. The molecule has 1 fully saturated rings. The van der Waals surface area contributed by atoms with E-state index in [2.05, 4.69) is 22.1 Å². The number of aryl methyl sites for hydroxylation is 1. The first-order valence-electron chi connectivity index (χ1n) is 11.9. The third-order valence-corrected chi connectivity index (χ3v) is 6.90. The van der Waals surface area contributed by atoms with Gasteiger partial charge in [-0.2, -0.15) is 18.3 Å². The number of aromatic nitrogens is 2. The highest BCUT2D eigenvalue weighted by molar-refractivity contribution is 5.92. The molecule has 2 heterocycles. The van der Waals surface area contributed by atoms with Crippen molar-refractivity contribution in [1.29, 1.82) is 0 Å². The third-order valence-electron chi connectivity index (χ3n) is 6.90. The van der Waals surface area contributed by atoms with Gasteiger partial charge in [0, 0.05) is 32.9 Å². The molecule has 0 N–H and O–H groups in total. The predicted molar refractivity (Wildman–Crippen MR) is 129 cm³/mol. The Morgan fingerprint density at radius 3 is 2.26 bits per heavy atom. The summed E-state index contributed by atoms with van der Waals surface area (Å²) in [6.45, 7) is 2.29. The van der Waals surface area contributed by atoms with Crippen LogP contribution in [0, 0.1) is 5.92 Å². The summed E-state index contributed by atoms with van der Waals surface area (Å²) in [5, 5.41) is 4.29. The molecule has 0 spiro atoms. The molecule has 8 heteroatoms. The van der Waals surface area contributed by atoms with Crippen molar-refractivity contribution in [2.24, 2.45) is 13.0 Å². The van der Waals surface area contributed by atoms with Gasteiger partial charge in [0.25, 0.3) is 5.91 Å². The molecule has 1 aromatic heterocycles. The number of nitrogens with zero attached hydrogens (tertiary/aromatic N) is 4. The number of hydrogen-bond acceptors (Lipinski definition) is 3. The fourth-order valence-corrected chi connectivity index (χ4v) is 4.89. The molecule has 1 aliphatic heterocycles. The number of carbonyl (C=O) groups excluding carboxylic acids is 1. The van der Waals surface area contributed by atoms with Crippen LogP contribution in [0.5, 0.6) is 0 Å². The molecule has 1 aliphatic rings. The van der Waals surface area contributed by atoms with Crippen LogP contribution >= 0.6 is 0 Å². The Morgan fingerprint density at radius 1 is 1.03 bits per heavy atom. The van der Waals surface area contributed by atoms with Crippen molar-refractivity contribution in [3.63, 3.8) is 0 Å². The van der Waals surface area contributed by atoms with Crippen molar-refractivity contribution in [1.82, 2.24) is 19.6 Å². The molecule has 4 rings (SSSR count). The second-order valence-corrected chi connectivity index (χ2v) is 9.36. The van der Waals surface area contributed by atoms with Crippen molar-refractivity contribution in [2.75, 3.05) is 20.1 Å². The third kappa shape index (κ3) is 6.31. The molecule has 0 aliphatic carbocycles. The molecule has 3 aromatic rings. The predicted octanol–water partition coefficient (Wildman–Crippen LogP) is 5.03.